The smallest absolute Gasteiger partial charge is 0.325 e. The van der Waals surface area contributed by atoms with Gasteiger partial charge in [-0.05, 0) is 48.2 Å². The second-order valence-corrected chi connectivity index (χ2v) is 9.08. The molecule has 0 radical (unpaired) electrons. The Bertz CT molecular complexity index is 1310. The van der Waals surface area contributed by atoms with Crippen molar-refractivity contribution in [1.29, 1.82) is 0 Å². The molecule has 5 rings (SSSR count). The van der Waals surface area contributed by atoms with Crippen LogP contribution in [0, 0.1) is 0 Å². The van der Waals surface area contributed by atoms with Gasteiger partial charge in [-0.3, -0.25) is 14.5 Å². The molecule has 1 fully saturated rings. The van der Waals surface area contributed by atoms with Gasteiger partial charge < -0.3 is 20.1 Å². The van der Waals surface area contributed by atoms with Crippen LogP contribution in [0.3, 0.4) is 0 Å². The summed E-state index contributed by atoms with van der Waals surface area (Å²) in [6.07, 6.45) is 0. The van der Waals surface area contributed by atoms with E-state index in [1.54, 1.807) is 25.1 Å². The lowest BCUT2D eigenvalue weighted by molar-refractivity contribution is -0.135. The van der Waals surface area contributed by atoms with E-state index in [0.29, 0.717) is 30.3 Å². The highest BCUT2D eigenvalue weighted by atomic mass is 16.6. The largest absolute Gasteiger partial charge is 0.486 e. The van der Waals surface area contributed by atoms with E-state index in [-0.39, 0.29) is 12.6 Å². The Balaban J connectivity index is 1.24. The molecular formula is C28H27N3O5. The summed E-state index contributed by atoms with van der Waals surface area (Å²) in [7, 11) is 0. The van der Waals surface area contributed by atoms with E-state index >= 15 is 0 Å². The molecule has 0 aliphatic carbocycles. The molecule has 184 valence electrons. The van der Waals surface area contributed by atoms with Crippen molar-refractivity contribution in [2.75, 3.05) is 19.8 Å². The number of fused-ring (bicyclic) bond motifs is 1. The van der Waals surface area contributed by atoms with Crippen LogP contribution < -0.4 is 20.1 Å². The number of nitrogens with one attached hydrogen (secondary N) is 2. The topological polar surface area (TPSA) is 97.0 Å². The van der Waals surface area contributed by atoms with E-state index in [0.717, 1.165) is 21.6 Å². The first-order valence-electron chi connectivity index (χ1n) is 11.8. The Labute approximate surface area is 209 Å². The molecular weight excluding hydrogens is 458 g/mol. The van der Waals surface area contributed by atoms with E-state index in [2.05, 4.69) is 10.6 Å². The normalized spacial score (nSPS) is 19.6. The first kappa shape index (κ1) is 23.4. The first-order valence-corrected chi connectivity index (χ1v) is 11.8. The number of imide groups is 1. The number of benzene rings is 3. The molecule has 0 aromatic heterocycles. The van der Waals surface area contributed by atoms with E-state index < -0.39 is 23.4 Å². The molecule has 2 heterocycles. The molecule has 8 nitrogen and oxygen atoms in total. The third-order valence-electron chi connectivity index (χ3n) is 6.59. The van der Waals surface area contributed by atoms with Crippen molar-refractivity contribution in [2.45, 2.75) is 25.4 Å². The number of urea groups is 1. The fourth-order valence-corrected chi connectivity index (χ4v) is 4.50. The highest BCUT2D eigenvalue weighted by molar-refractivity contribution is 6.09. The number of hydrogen-bond acceptors (Lipinski definition) is 5. The van der Waals surface area contributed by atoms with E-state index in [9.17, 15) is 14.4 Å². The maximum atomic E-state index is 13.3. The zero-order valence-electron chi connectivity index (χ0n) is 20.1. The van der Waals surface area contributed by atoms with Crippen molar-refractivity contribution in [3.05, 3.63) is 83.9 Å². The van der Waals surface area contributed by atoms with Crippen LogP contribution in [0.1, 0.15) is 31.0 Å². The molecule has 2 aliphatic rings. The van der Waals surface area contributed by atoms with Crippen LogP contribution in [-0.4, -0.2) is 42.5 Å². The van der Waals surface area contributed by atoms with Crippen molar-refractivity contribution in [3.63, 3.8) is 0 Å². The molecule has 2 atom stereocenters. The molecule has 36 heavy (non-hydrogen) atoms. The minimum atomic E-state index is -1.31. The third kappa shape index (κ3) is 4.37. The van der Waals surface area contributed by atoms with Gasteiger partial charge in [0.25, 0.3) is 5.91 Å². The lowest BCUT2D eigenvalue weighted by atomic mass is 9.91. The molecule has 2 aliphatic heterocycles. The van der Waals surface area contributed by atoms with Crippen LogP contribution in [0.15, 0.2) is 72.8 Å². The number of carbonyl (C=O) groups excluding carboxylic acids is 3. The molecule has 3 aromatic rings. The summed E-state index contributed by atoms with van der Waals surface area (Å²) in [6, 6.07) is 22.2. The second-order valence-electron chi connectivity index (χ2n) is 9.08. The minimum absolute atomic E-state index is 0.299. The predicted octanol–water partition coefficient (Wildman–Crippen LogP) is 3.77. The molecule has 3 aromatic carbocycles. The average molecular weight is 486 g/mol. The zero-order valence-corrected chi connectivity index (χ0v) is 20.1. The highest BCUT2D eigenvalue weighted by Crippen LogP contribution is 2.36. The molecule has 0 spiro atoms. The molecule has 0 saturated carbocycles. The maximum absolute atomic E-state index is 13.3. The van der Waals surface area contributed by atoms with E-state index in [1.807, 2.05) is 61.5 Å². The Morgan fingerprint density at radius 1 is 0.972 bits per heavy atom. The molecule has 0 bridgehead atoms. The zero-order chi connectivity index (χ0) is 25.3. The number of rotatable bonds is 6. The minimum Gasteiger partial charge on any atom is -0.486 e. The van der Waals surface area contributed by atoms with Crippen LogP contribution in [0.25, 0.3) is 11.1 Å². The van der Waals surface area contributed by atoms with Crippen molar-refractivity contribution >= 4 is 17.8 Å². The Morgan fingerprint density at radius 2 is 1.64 bits per heavy atom. The summed E-state index contributed by atoms with van der Waals surface area (Å²) in [5.41, 5.74) is 2.35. The summed E-state index contributed by atoms with van der Waals surface area (Å²) in [5, 5.41) is 5.61. The van der Waals surface area contributed by atoms with Crippen LogP contribution >= 0.6 is 0 Å². The van der Waals surface area contributed by atoms with E-state index in [1.165, 1.54) is 0 Å². The summed E-state index contributed by atoms with van der Waals surface area (Å²) < 4.78 is 11.2. The molecule has 8 heteroatoms. The monoisotopic (exact) mass is 485 g/mol. The van der Waals surface area contributed by atoms with E-state index in [4.69, 9.17) is 9.47 Å². The number of nitrogens with zero attached hydrogens (tertiary/aromatic N) is 1. The molecule has 1 saturated heterocycles. The molecule has 4 amide bonds. The Hall–Kier alpha value is -4.33. The van der Waals surface area contributed by atoms with Gasteiger partial charge in [-0.2, -0.15) is 0 Å². The van der Waals surface area contributed by atoms with Gasteiger partial charge in [-0.25, -0.2) is 4.79 Å². The Morgan fingerprint density at radius 3 is 2.36 bits per heavy atom. The van der Waals surface area contributed by atoms with Crippen LogP contribution in [0.4, 0.5) is 4.79 Å². The first-order chi connectivity index (χ1) is 17.3. The third-order valence-corrected chi connectivity index (χ3v) is 6.59. The lowest BCUT2D eigenvalue weighted by Crippen LogP contribution is -2.43. The van der Waals surface area contributed by atoms with Crippen LogP contribution in [-0.2, 0) is 15.1 Å². The van der Waals surface area contributed by atoms with Crippen molar-refractivity contribution in [1.82, 2.24) is 15.5 Å². The quantitative estimate of drug-likeness (QED) is 0.518. The van der Waals surface area contributed by atoms with Gasteiger partial charge in [0.2, 0.25) is 5.91 Å². The maximum Gasteiger partial charge on any atom is 0.325 e. The summed E-state index contributed by atoms with van der Waals surface area (Å²) in [6.45, 7) is 3.97. The standard InChI is InChI=1S/C28H27N3O5/c1-18(19-8-10-21(11-9-19)20-6-4-3-5-7-20)29-25(32)17-31-26(33)28(2,30-27(31)34)22-12-13-23-24(16-22)36-15-14-35-23/h3-13,16,18H,14-15,17H2,1-2H3,(H,29,32)(H,30,34)/t18-,28+/m0/s1. The summed E-state index contributed by atoms with van der Waals surface area (Å²) in [5.74, 6) is 0.182. The van der Waals surface area contributed by atoms with Gasteiger partial charge in [0, 0.05) is 0 Å². The molecule has 0 unspecified atom stereocenters. The lowest BCUT2D eigenvalue weighted by Gasteiger charge is -2.25. The average Bonchev–Trinajstić information content (AvgIpc) is 3.12. The van der Waals surface area contributed by atoms with Gasteiger partial charge in [-0.1, -0.05) is 60.7 Å². The number of carbonyl (C=O) groups is 3. The van der Waals surface area contributed by atoms with Gasteiger partial charge in [0.15, 0.2) is 11.5 Å². The van der Waals surface area contributed by atoms with Crippen molar-refractivity contribution in [3.8, 4) is 22.6 Å². The van der Waals surface area contributed by atoms with Gasteiger partial charge in [0.1, 0.15) is 25.3 Å². The number of amides is 4. The fourth-order valence-electron chi connectivity index (χ4n) is 4.50. The van der Waals surface area contributed by atoms with Crippen molar-refractivity contribution < 1.29 is 23.9 Å². The fraction of sp³-hybridized carbons (Fsp3) is 0.250. The van der Waals surface area contributed by atoms with Gasteiger partial charge in [-0.15, -0.1) is 0 Å². The van der Waals surface area contributed by atoms with Crippen LogP contribution in [0.5, 0.6) is 11.5 Å². The SMILES string of the molecule is C[C@H](NC(=O)CN1C(=O)N[C@](C)(c2ccc3c(c2)OCCO3)C1=O)c1ccc(-c2ccccc2)cc1. The number of hydrogen-bond donors (Lipinski definition) is 2. The van der Waals surface area contributed by atoms with Crippen molar-refractivity contribution in [2.24, 2.45) is 0 Å². The van der Waals surface area contributed by atoms with Gasteiger partial charge in [0.05, 0.1) is 6.04 Å². The second kappa shape index (κ2) is 9.37. The highest BCUT2D eigenvalue weighted by Gasteiger charge is 2.49. The van der Waals surface area contributed by atoms with Crippen LogP contribution in [0.2, 0.25) is 0 Å². The van der Waals surface area contributed by atoms with Gasteiger partial charge >= 0.3 is 6.03 Å². The Kier molecular flexibility index (Phi) is 6.10. The summed E-state index contributed by atoms with van der Waals surface area (Å²) >= 11 is 0. The molecule has 2 N–H and O–H groups in total. The predicted molar refractivity (Wildman–Crippen MR) is 133 cm³/mol. The summed E-state index contributed by atoms with van der Waals surface area (Å²) in [4.78, 5) is 39.7. The number of ether oxygens (including phenoxy) is 2.